The summed E-state index contributed by atoms with van der Waals surface area (Å²) in [5.74, 6) is -1.77. The average Bonchev–Trinajstić information content (AvgIpc) is 2.22. The van der Waals surface area contributed by atoms with Gasteiger partial charge in [0.05, 0.1) is 6.42 Å². The van der Waals surface area contributed by atoms with E-state index in [9.17, 15) is 9.59 Å². The summed E-state index contributed by atoms with van der Waals surface area (Å²) in [6, 6.07) is 5.61. The number of benzene rings is 1. The zero-order valence-electron chi connectivity index (χ0n) is 10.3. The van der Waals surface area contributed by atoms with Gasteiger partial charge in [0.15, 0.2) is 0 Å². The Balaban J connectivity index is 2.67. The van der Waals surface area contributed by atoms with Crippen molar-refractivity contribution < 1.29 is 14.7 Å². The molecule has 92 valence electrons. The summed E-state index contributed by atoms with van der Waals surface area (Å²) < 4.78 is 0. The smallest absolute Gasteiger partial charge is 0.304 e. The molecule has 0 saturated heterocycles. The molecule has 0 aliphatic rings. The van der Waals surface area contributed by atoms with Crippen molar-refractivity contribution >= 4 is 17.6 Å². The van der Waals surface area contributed by atoms with Crippen LogP contribution in [0, 0.1) is 19.8 Å². The van der Waals surface area contributed by atoms with E-state index in [1.54, 1.807) is 6.92 Å². The maximum absolute atomic E-state index is 11.7. The predicted molar refractivity (Wildman–Crippen MR) is 66.0 cm³/mol. The monoisotopic (exact) mass is 235 g/mol. The first kappa shape index (κ1) is 13.2. The zero-order chi connectivity index (χ0) is 13.0. The molecule has 1 aromatic carbocycles. The van der Waals surface area contributed by atoms with Gasteiger partial charge in [-0.25, -0.2) is 0 Å². The molecule has 1 atom stereocenters. The average molecular weight is 235 g/mol. The number of aliphatic carboxylic acids is 1. The van der Waals surface area contributed by atoms with Gasteiger partial charge in [-0.3, -0.25) is 9.59 Å². The number of rotatable bonds is 4. The van der Waals surface area contributed by atoms with Crippen LogP contribution in [0.2, 0.25) is 0 Å². The SMILES string of the molecule is Cc1ccc(NC(=O)C(C)CC(=O)O)cc1C. The number of anilines is 1. The number of hydrogen-bond acceptors (Lipinski definition) is 2. The van der Waals surface area contributed by atoms with Gasteiger partial charge in [-0.1, -0.05) is 13.0 Å². The van der Waals surface area contributed by atoms with Crippen molar-refractivity contribution in [3.05, 3.63) is 29.3 Å². The largest absolute Gasteiger partial charge is 0.481 e. The maximum Gasteiger partial charge on any atom is 0.304 e. The fourth-order valence-electron chi connectivity index (χ4n) is 1.44. The highest BCUT2D eigenvalue weighted by Crippen LogP contribution is 2.15. The molecule has 0 aliphatic carbocycles. The van der Waals surface area contributed by atoms with Crippen LogP contribution in [0.25, 0.3) is 0 Å². The van der Waals surface area contributed by atoms with E-state index in [1.807, 2.05) is 32.0 Å². The summed E-state index contributed by atoms with van der Waals surface area (Å²) in [4.78, 5) is 22.2. The first-order valence-corrected chi connectivity index (χ1v) is 5.50. The van der Waals surface area contributed by atoms with Crippen molar-refractivity contribution in [3.8, 4) is 0 Å². The van der Waals surface area contributed by atoms with Crippen molar-refractivity contribution in [2.24, 2.45) is 5.92 Å². The van der Waals surface area contributed by atoms with Crippen LogP contribution in [-0.2, 0) is 9.59 Å². The normalized spacial score (nSPS) is 11.9. The molecule has 0 heterocycles. The lowest BCUT2D eigenvalue weighted by Crippen LogP contribution is -2.22. The minimum absolute atomic E-state index is 0.156. The molecular formula is C13H17NO3. The molecule has 0 spiro atoms. The van der Waals surface area contributed by atoms with Gasteiger partial charge < -0.3 is 10.4 Å². The van der Waals surface area contributed by atoms with Crippen LogP contribution in [0.5, 0.6) is 0 Å². The Hall–Kier alpha value is -1.84. The number of carboxylic acid groups (broad SMARTS) is 1. The fourth-order valence-corrected chi connectivity index (χ4v) is 1.44. The molecule has 17 heavy (non-hydrogen) atoms. The molecular weight excluding hydrogens is 218 g/mol. The summed E-state index contributed by atoms with van der Waals surface area (Å²) in [5.41, 5.74) is 2.95. The quantitative estimate of drug-likeness (QED) is 0.841. The number of nitrogens with one attached hydrogen (secondary N) is 1. The summed E-state index contributed by atoms with van der Waals surface area (Å²) in [5, 5.41) is 11.3. The number of amides is 1. The molecule has 4 nitrogen and oxygen atoms in total. The Bertz CT molecular complexity index is 440. The van der Waals surface area contributed by atoms with Gasteiger partial charge in [-0.2, -0.15) is 0 Å². The summed E-state index contributed by atoms with van der Waals surface area (Å²) >= 11 is 0. The molecule has 0 saturated carbocycles. The molecule has 0 aromatic heterocycles. The Labute approximate surface area is 101 Å². The van der Waals surface area contributed by atoms with Crippen LogP contribution >= 0.6 is 0 Å². The Morgan fingerprint density at radius 1 is 1.29 bits per heavy atom. The van der Waals surface area contributed by atoms with E-state index >= 15 is 0 Å². The van der Waals surface area contributed by atoms with E-state index in [2.05, 4.69) is 5.32 Å². The van der Waals surface area contributed by atoms with Crippen molar-refractivity contribution in [2.45, 2.75) is 27.2 Å². The van der Waals surface area contributed by atoms with E-state index in [-0.39, 0.29) is 12.3 Å². The van der Waals surface area contributed by atoms with Crippen molar-refractivity contribution in [2.75, 3.05) is 5.32 Å². The molecule has 1 unspecified atom stereocenters. The molecule has 0 radical (unpaired) electrons. The Morgan fingerprint density at radius 2 is 1.94 bits per heavy atom. The standard InChI is InChI=1S/C13H17NO3/c1-8-4-5-11(6-9(8)2)14-13(17)10(3)7-12(15)16/h4-6,10H,7H2,1-3H3,(H,14,17)(H,15,16). The molecule has 1 amide bonds. The lowest BCUT2D eigenvalue weighted by atomic mass is 10.1. The third kappa shape index (κ3) is 3.90. The molecule has 0 fully saturated rings. The maximum atomic E-state index is 11.7. The fraction of sp³-hybridized carbons (Fsp3) is 0.385. The molecule has 1 aromatic rings. The first-order chi connectivity index (χ1) is 7.90. The van der Waals surface area contributed by atoms with Gasteiger partial charge >= 0.3 is 5.97 Å². The summed E-state index contributed by atoms with van der Waals surface area (Å²) in [6.07, 6.45) is -0.156. The van der Waals surface area contributed by atoms with Crippen molar-refractivity contribution in [1.29, 1.82) is 0 Å². The van der Waals surface area contributed by atoms with Gasteiger partial charge in [0.25, 0.3) is 0 Å². The third-order valence-electron chi connectivity index (χ3n) is 2.70. The number of hydrogen-bond donors (Lipinski definition) is 2. The first-order valence-electron chi connectivity index (χ1n) is 5.50. The third-order valence-corrected chi connectivity index (χ3v) is 2.70. The molecule has 4 heteroatoms. The second kappa shape index (κ2) is 5.48. The zero-order valence-corrected chi connectivity index (χ0v) is 10.3. The van der Waals surface area contributed by atoms with Gasteiger partial charge in [-0.05, 0) is 37.1 Å². The minimum atomic E-state index is -0.965. The highest BCUT2D eigenvalue weighted by molar-refractivity contribution is 5.94. The molecule has 1 rings (SSSR count). The van der Waals surface area contributed by atoms with Crippen LogP contribution in [0.3, 0.4) is 0 Å². The molecule has 2 N–H and O–H groups in total. The van der Waals surface area contributed by atoms with Crippen LogP contribution in [-0.4, -0.2) is 17.0 Å². The molecule has 0 aliphatic heterocycles. The van der Waals surface area contributed by atoms with E-state index in [4.69, 9.17) is 5.11 Å². The lowest BCUT2D eigenvalue weighted by molar-refractivity contribution is -0.139. The van der Waals surface area contributed by atoms with E-state index < -0.39 is 11.9 Å². The highest BCUT2D eigenvalue weighted by Gasteiger charge is 2.16. The second-order valence-corrected chi connectivity index (χ2v) is 4.29. The van der Waals surface area contributed by atoms with E-state index in [0.29, 0.717) is 5.69 Å². The predicted octanol–water partition coefficient (Wildman–Crippen LogP) is 2.35. The summed E-state index contributed by atoms with van der Waals surface area (Å²) in [6.45, 7) is 5.56. The minimum Gasteiger partial charge on any atom is -0.481 e. The van der Waals surface area contributed by atoms with Crippen LogP contribution < -0.4 is 5.32 Å². The van der Waals surface area contributed by atoms with E-state index in [1.165, 1.54) is 0 Å². The number of aryl methyl sites for hydroxylation is 2. The summed E-state index contributed by atoms with van der Waals surface area (Å²) in [7, 11) is 0. The highest BCUT2D eigenvalue weighted by atomic mass is 16.4. The van der Waals surface area contributed by atoms with Crippen molar-refractivity contribution in [3.63, 3.8) is 0 Å². The Kier molecular flexibility index (Phi) is 4.26. The number of carbonyl (C=O) groups excluding carboxylic acids is 1. The van der Waals surface area contributed by atoms with Gasteiger partial charge in [0.2, 0.25) is 5.91 Å². The van der Waals surface area contributed by atoms with Crippen LogP contribution in [0.1, 0.15) is 24.5 Å². The van der Waals surface area contributed by atoms with E-state index in [0.717, 1.165) is 11.1 Å². The van der Waals surface area contributed by atoms with Crippen molar-refractivity contribution in [1.82, 2.24) is 0 Å². The van der Waals surface area contributed by atoms with Gasteiger partial charge in [-0.15, -0.1) is 0 Å². The number of carboxylic acids is 1. The second-order valence-electron chi connectivity index (χ2n) is 4.29. The van der Waals surface area contributed by atoms with Crippen LogP contribution in [0.15, 0.2) is 18.2 Å². The Morgan fingerprint density at radius 3 is 2.47 bits per heavy atom. The van der Waals surface area contributed by atoms with Crippen LogP contribution in [0.4, 0.5) is 5.69 Å². The van der Waals surface area contributed by atoms with Gasteiger partial charge in [0.1, 0.15) is 0 Å². The topological polar surface area (TPSA) is 66.4 Å². The molecule has 0 bridgehead atoms. The lowest BCUT2D eigenvalue weighted by Gasteiger charge is -2.11. The van der Waals surface area contributed by atoms with Gasteiger partial charge in [0, 0.05) is 11.6 Å². The number of carbonyl (C=O) groups is 2.